The number of aryl methyl sites for hydroxylation is 1. The van der Waals surface area contributed by atoms with Gasteiger partial charge in [0.25, 0.3) is 9.05 Å². The molecule has 0 aromatic carbocycles. The van der Waals surface area contributed by atoms with Crippen molar-refractivity contribution in [3.63, 3.8) is 0 Å². The molecule has 1 heterocycles. The minimum absolute atomic E-state index is 0.0539. The molecular formula is C7H11ClN2O4S2. The third-order valence-corrected chi connectivity index (χ3v) is 4.83. The van der Waals surface area contributed by atoms with Gasteiger partial charge < -0.3 is 4.57 Å². The highest BCUT2D eigenvalue weighted by Crippen LogP contribution is 2.11. The van der Waals surface area contributed by atoms with Gasteiger partial charge in [0, 0.05) is 29.2 Å². The van der Waals surface area contributed by atoms with E-state index in [9.17, 15) is 16.8 Å². The zero-order valence-electron chi connectivity index (χ0n) is 8.50. The van der Waals surface area contributed by atoms with Crippen molar-refractivity contribution in [2.45, 2.75) is 18.5 Å². The van der Waals surface area contributed by atoms with Crippen LogP contribution in [0.1, 0.15) is 6.92 Å². The lowest BCUT2D eigenvalue weighted by Crippen LogP contribution is -2.13. The van der Waals surface area contributed by atoms with Crippen molar-refractivity contribution in [1.29, 1.82) is 0 Å². The van der Waals surface area contributed by atoms with Crippen molar-refractivity contribution in [2.75, 3.05) is 11.5 Å². The molecule has 0 fully saturated rings. The average molecular weight is 287 g/mol. The fourth-order valence-corrected chi connectivity index (χ4v) is 2.43. The number of rotatable bonds is 5. The van der Waals surface area contributed by atoms with Crippen molar-refractivity contribution in [3.05, 3.63) is 12.5 Å². The lowest BCUT2D eigenvalue weighted by atomic mass is 10.7. The Morgan fingerprint density at radius 2 is 2.00 bits per heavy atom. The molecule has 0 N–H and O–H groups in total. The molecule has 0 unspecified atom stereocenters. The molecule has 1 aromatic heterocycles. The molecule has 0 bridgehead atoms. The summed E-state index contributed by atoms with van der Waals surface area (Å²) in [7, 11) is -1.86. The summed E-state index contributed by atoms with van der Waals surface area (Å²) in [6.45, 7) is 1.72. The van der Waals surface area contributed by atoms with Crippen molar-refractivity contribution in [1.82, 2.24) is 9.55 Å². The summed E-state index contributed by atoms with van der Waals surface area (Å²) in [6, 6.07) is 0. The third-order valence-electron chi connectivity index (χ3n) is 1.96. The van der Waals surface area contributed by atoms with E-state index in [-0.39, 0.29) is 23.1 Å². The molecule has 0 spiro atoms. The predicted molar refractivity (Wildman–Crippen MR) is 59.6 cm³/mol. The first-order valence-electron chi connectivity index (χ1n) is 4.41. The summed E-state index contributed by atoms with van der Waals surface area (Å²) in [5, 5.41) is -0.275. The van der Waals surface area contributed by atoms with E-state index in [0.29, 0.717) is 0 Å². The van der Waals surface area contributed by atoms with E-state index in [1.807, 2.05) is 0 Å². The van der Waals surface area contributed by atoms with Crippen LogP contribution in [-0.2, 0) is 25.4 Å². The van der Waals surface area contributed by atoms with E-state index in [1.54, 1.807) is 6.92 Å². The summed E-state index contributed by atoms with van der Waals surface area (Å²) in [5.74, 6) is 0.00396. The average Bonchev–Trinajstić information content (AvgIpc) is 2.63. The molecule has 1 rings (SSSR count). The van der Waals surface area contributed by atoms with Gasteiger partial charge in [-0.1, -0.05) is 6.92 Å². The summed E-state index contributed by atoms with van der Waals surface area (Å²) in [4.78, 5) is 3.56. The Morgan fingerprint density at radius 1 is 1.38 bits per heavy atom. The maximum absolute atomic E-state index is 11.2. The third kappa shape index (κ3) is 3.76. The van der Waals surface area contributed by atoms with E-state index in [1.165, 1.54) is 17.1 Å². The van der Waals surface area contributed by atoms with Crippen LogP contribution in [0.15, 0.2) is 17.6 Å². The second-order valence-corrected chi connectivity index (χ2v) is 8.11. The van der Waals surface area contributed by atoms with Crippen LogP contribution >= 0.6 is 10.7 Å². The normalized spacial score (nSPS) is 12.9. The van der Waals surface area contributed by atoms with Crippen LogP contribution in [0.3, 0.4) is 0 Å². The molecule has 0 aliphatic rings. The second-order valence-electron chi connectivity index (χ2n) is 3.12. The minimum atomic E-state index is -3.85. The van der Waals surface area contributed by atoms with Crippen LogP contribution in [-0.4, -0.2) is 37.9 Å². The highest BCUT2D eigenvalue weighted by Gasteiger charge is 2.14. The van der Waals surface area contributed by atoms with E-state index in [2.05, 4.69) is 4.98 Å². The molecule has 0 saturated heterocycles. The Bertz CT molecular complexity index is 561. The molecule has 0 atom stereocenters. The van der Waals surface area contributed by atoms with Crippen molar-refractivity contribution in [2.24, 2.45) is 0 Å². The largest absolute Gasteiger partial charge is 0.335 e. The van der Waals surface area contributed by atoms with Crippen LogP contribution < -0.4 is 0 Å². The second kappa shape index (κ2) is 4.72. The predicted octanol–water partition coefficient (Wildman–Crippen LogP) is 0.245. The molecule has 92 valence electrons. The maximum atomic E-state index is 11.2. The van der Waals surface area contributed by atoms with Gasteiger partial charge >= 0.3 is 0 Å². The molecule has 0 amide bonds. The smallest absolute Gasteiger partial charge is 0.280 e. The summed E-state index contributed by atoms with van der Waals surface area (Å²) < 4.78 is 45.5. The molecular weight excluding hydrogens is 276 g/mol. The summed E-state index contributed by atoms with van der Waals surface area (Å²) in [6.07, 6.45) is 2.44. The molecule has 0 radical (unpaired) electrons. The minimum Gasteiger partial charge on any atom is -0.335 e. The number of hydrogen-bond donors (Lipinski definition) is 0. The molecule has 0 aliphatic heterocycles. The fraction of sp³-hybridized carbons (Fsp3) is 0.571. The van der Waals surface area contributed by atoms with Crippen LogP contribution in [0, 0.1) is 0 Å². The molecule has 0 saturated carbocycles. The first kappa shape index (κ1) is 13.5. The summed E-state index contributed by atoms with van der Waals surface area (Å²) in [5.41, 5.74) is 0. The van der Waals surface area contributed by atoms with Gasteiger partial charge in [-0.25, -0.2) is 21.8 Å². The van der Waals surface area contributed by atoms with E-state index in [0.717, 1.165) is 0 Å². The monoisotopic (exact) mass is 286 g/mol. The Hall–Kier alpha value is -0.600. The Kier molecular flexibility index (Phi) is 3.97. The highest BCUT2D eigenvalue weighted by atomic mass is 35.7. The SMILES string of the molecule is CCS(=O)(=O)CCn1cnc(S(=O)(=O)Cl)c1. The van der Waals surface area contributed by atoms with Crippen LogP contribution in [0.25, 0.3) is 0 Å². The quantitative estimate of drug-likeness (QED) is 0.724. The van der Waals surface area contributed by atoms with Gasteiger partial charge in [0.1, 0.15) is 0 Å². The van der Waals surface area contributed by atoms with Crippen LogP contribution in [0.5, 0.6) is 0 Å². The van der Waals surface area contributed by atoms with E-state index >= 15 is 0 Å². The number of hydrogen-bond acceptors (Lipinski definition) is 5. The number of halogens is 1. The van der Waals surface area contributed by atoms with E-state index in [4.69, 9.17) is 10.7 Å². The number of aromatic nitrogens is 2. The van der Waals surface area contributed by atoms with E-state index < -0.39 is 18.9 Å². The van der Waals surface area contributed by atoms with Gasteiger partial charge in [-0.15, -0.1) is 0 Å². The zero-order valence-corrected chi connectivity index (χ0v) is 10.9. The zero-order chi connectivity index (χ0) is 12.4. The first-order chi connectivity index (χ1) is 7.24. The topological polar surface area (TPSA) is 86.1 Å². The fourth-order valence-electron chi connectivity index (χ4n) is 0.977. The molecule has 9 heteroatoms. The maximum Gasteiger partial charge on any atom is 0.280 e. The number of nitrogens with zero attached hydrogens (tertiary/aromatic N) is 2. The molecule has 6 nitrogen and oxygen atoms in total. The number of sulfone groups is 1. The van der Waals surface area contributed by atoms with Gasteiger partial charge in [-0.2, -0.15) is 0 Å². The molecule has 0 aliphatic carbocycles. The van der Waals surface area contributed by atoms with Crippen LogP contribution in [0.2, 0.25) is 0 Å². The van der Waals surface area contributed by atoms with Gasteiger partial charge in [0.05, 0.1) is 12.1 Å². The lowest BCUT2D eigenvalue weighted by Gasteiger charge is -2.01. The Labute approximate surface area is 98.6 Å². The van der Waals surface area contributed by atoms with Crippen molar-refractivity contribution >= 4 is 29.6 Å². The Morgan fingerprint density at radius 3 is 2.44 bits per heavy atom. The number of imidazole rings is 1. The van der Waals surface area contributed by atoms with Crippen LogP contribution in [0.4, 0.5) is 0 Å². The Balaban J connectivity index is 2.75. The molecule has 16 heavy (non-hydrogen) atoms. The summed E-state index contributed by atoms with van der Waals surface area (Å²) >= 11 is 0. The standard InChI is InChI=1S/C7H11ClN2O4S2/c1-2-15(11,12)4-3-10-5-7(9-6-10)16(8,13)14/h5-6H,2-4H2,1H3. The van der Waals surface area contributed by atoms with Gasteiger partial charge in [-0.05, 0) is 0 Å². The van der Waals surface area contributed by atoms with Gasteiger partial charge in [-0.3, -0.25) is 0 Å². The molecule has 1 aromatic rings. The lowest BCUT2D eigenvalue weighted by molar-refractivity contribution is 0.590. The highest BCUT2D eigenvalue weighted by molar-refractivity contribution is 8.13. The van der Waals surface area contributed by atoms with Crippen molar-refractivity contribution < 1.29 is 16.8 Å². The van der Waals surface area contributed by atoms with Gasteiger partial charge in [0.2, 0.25) is 0 Å². The van der Waals surface area contributed by atoms with Gasteiger partial charge in [0.15, 0.2) is 14.9 Å². The van der Waals surface area contributed by atoms with Crippen molar-refractivity contribution in [3.8, 4) is 0 Å². The first-order valence-corrected chi connectivity index (χ1v) is 8.54.